The zero-order valence-electron chi connectivity index (χ0n) is 9.02. The standard InChI is InChI=1S/C11H17N3O/c1-2-8(12)10-13-11(15-14-10)9-6-4-3-5-7(6)9/h6-9H,2-5,12H2,1H3. The van der Waals surface area contributed by atoms with E-state index in [2.05, 4.69) is 10.1 Å². The quantitative estimate of drug-likeness (QED) is 0.823. The predicted octanol–water partition coefficient (Wildman–Crippen LogP) is 1.99. The second-order valence-electron chi connectivity index (χ2n) is 4.79. The summed E-state index contributed by atoms with van der Waals surface area (Å²) in [7, 11) is 0. The van der Waals surface area contributed by atoms with Gasteiger partial charge in [0.1, 0.15) is 0 Å². The van der Waals surface area contributed by atoms with Crippen LogP contribution < -0.4 is 5.73 Å². The van der Waals surface area contributed by atoms with Gasteiger partial charge in [-0.05, 0) is 31.1 Å². The van der Waals surface area contributed by atoms with E-state index in [0.29, 0.717) is 11.7 Å². The number of hydrogen-bond acceptors (Lipinski definition) is 4. The topological polar surface area (TPSA) is 64.9 Å². The van der Waals surface area contributed by atoms with E-state index >= 15 is 0 Å². The number of nitrogens with zero attached hydrogens (tertiary/aromatic N) is 2. The number of aromatic nitrogens is 2. The minimum atomic E-state index is -0.0684. The SMILES string of the molecule is CCC(N)c1noc(C2C3CCCC32)n1. The van der Waals surface area contributed by atoms with Crippen LogP contribution in [-0.2, 0) is 0 Å². The van der Waals surface area contributed by atoms with Crippen molar-refractivity contribution in [2.45, 2.75) is 44.6 Å². The number of nitrogens with two attached hydrogens (primary N) is 1. The van der Waals surface area contributed by atoms with Crippen LogP contribution in [0.3, 0.4) is 0 Å². The highest BCUT2D eigenvalue weighted by Crippen LogP contribution is 2.62. The Hall–Kier alpha value is -0.900. The van der Waals surface area contributed by atoms with Crippen LogP contribution in [0.5, 0.6) is 0 Å². The van der Waals surface area contributed by atoms with Crippen LogP contribution in [0.1, 0.15) is 56.3 Å². The van der Waals surface area contributed by atoms with Gasteiger partial charge < -0.3 is 10.3 Å². The Morgan fingerprint density at radius 1 is 1.47 bits per heavy atom. The average molecular weight is 207 g/mol. The van der Waals surface area contributed by atoms with E-state index in [1.807, 2.05) is 6.92 Å². The van der Waals surface area contributed by atoms with Crippen LogP contribution in [0, 0.1) is 11.8 Å². The fraction of sp³-hybridized carbons (Fsp3) is 0.818. The summed E-state index contributed by atoms with van der Waals surface area (Å²) in [5.74, 6) is 3.73. The van der Waals surface area contributed by atoms with Crippen molar-refractivity contribution in [3.8, 4) is 0 Å². The monoisotopic (exact) mass is 207 g/mol. The molecule has 2 aliphatic carbocycles. The van der Waals surface area contributed by atoms with Crippen molar-refractivity contribution in [3.05, 3.63) is 11.7 Å². The molecule has 0 bridgehead atoms. The average Bonchev–Trinajstić information content (AvgIpc) is 2.74. The molecule has 15 heavy (non-hydrogen) atoms. The predicted molar refractivity (Wildman–Crippen MR) is 55.1 cm³/mol. The van der Waals surface area contributed by atoms with Crippen LogP contribution in [0.2, 0.25) is 0 Å². The summed E-state index contributed by atoms with van der Waals surface area (Å²) in [5.41, 5.74) is 5.86. The second kappa shape index (κ2) is 3.30. The lowest BCUT2D eigenvalue weighted by molar-refractivity contribution is 0.360. The third kappa shape index (κ3) is 1.39. The van der Waals surface area contributed by atoms with E-state index in [9.17, 15) is 0 Å². The Balaban J connectivity index is 1.75. The maximum absolute atomic E-state index is 5.86. The van der Waals surface area contributed by atoms with Gasteiger partial charge in [0.2, 0.25) is 5.89 Å². The molecule has 2 saturated carbocycles. The number of fused-ring (bicyclic) bond motifs is 1. The second-order valence-corrected chi connectivity index (χ2v) is 4.79. The van der Waals surface area contributed by atoms with Gasteiger partial charge in [-0.1, -0.05) is 18.5 Å². The van der Waals surface area contributed by atoms with Gasteiger partial charge in [0.15, 0.2) is 5.82 Å². The molecule has 2 fully saturated rings. The third-order valence-corrected chi connectivity index (χ3v) is 3.92. The molecule has 0 radical (unpaired) electrons. The Labute approximate surface area is 89.2 Å². The molecule has 0 aromatic carbocycles. The van der Waals surface area contributed by atoms with Crippen LogP contribution >= 0.6 is 0 Å². The number of rotatable bonds is 3. The van der Waals surface area contributed by atoms with E-state index in [-0.39, 0.29) is 6.04 Å². The largest absolute Gasteiger partial charge is 0.339 e. The first kappa shape index (κ1) is 9.33. The summed E-state index contributed by atoms with van der Waals surface area (Å²) < 4.78 is 5.31. The highest BCUT2D eigenvalue weighted by atomic mass is 16.5. The van der Waals surface area contributed by atoms with Crippen molar-refractivity contribution in [1.82, 2.24) is 10.1 Å². The third-order valence-electron chi connectivity index (χ3n) is 3.92. The zero-order chi connectivity index (χ0) is 10.4. The molecule has 2 aliphatic rings. The smallest absolute Gasteiger partial charge is 0.230 e. The highest BCUT2D eigenvalue weighted by molar-refractivity contribution is 5.16. The maximum atomic E-state index is 5.86. The maximum Gasteiger partial charge on any atom is 0.230 e. The van der Waals surface area contributed by atoms with Gasteiger partial charge in [0.25, 0.3) is 0 Å². The lowest BCUT2D eigenvalue weighted by Gasteiger charge is -1.99. The number of hydrogen-bond donors (Lipinski definition) is 1. The van der Waals surface area contributed by atoms with Crippen molar-refractivity contribution < 1.29 is 4.52 Å². The molecule has 0 amide bonds. The van der Waals surface area contributed by atoms with Gasteiger partial charge in [-0.2, -0.15) is 4.98 Å². The Bertz CT molecular complexity index is 352. The van der Waals surface area contributed by atoms with E-state index < -0.39 is 0 Å². The molecule has 4 nitrogen and oxygen atoms in total. The molecule has 3 atom stereocenters. The van der Waals surface area contributed by atoms with Gasteiger partial charge >= 0.3 is 0 Å². The van der Waals surface area contributed by atoms with E-state index in [0.717, 1.165) is 24.1 Å². The summed E-state index contributed by atoms with van der Waals surface area (Å²) >= 11 is 0. The van der Waals surface area contributed by atoms with Crippen molar-refractivity contribution in [2.24, 2.45) is 17.6 Å². The molecule has 4 heteroatoms. The molecule has 1 aromatic heterocycles. The van der Waals surface area contributed by atoms with E-state index in [4.69, 9.17) is 10.3 Å². The molecule has 82 valence electrons. The summed E-state index contributed by atoms with van der Waals surface area (Å²) in [5, 5.41) is 3.96. The summed E-state index contributed by atoms with van der Waals surface area (Å²) in [6.07, 6.45) is 4.91. The van der Waals surface area contributed by atoms with Gasteiger partial charge in [-0.3, -0.25) is 0 Å². The van der Waals surface area contributed by atoms with Crippen molar-refractivity contribution in [2.75, 3.05) is 0 Å². The Morgan fingerprint density at radius 2 is 2.20 bits per heavy atom. The van der Waals surface area contributed by atoms with Gasteiger partial charge in [0.05, 0.1) is 6.04 Å². The molecule has 3 rings (SSSR count). The molecule has 1 aromatic rings. The minimum absolute atomic E-state index is 0.0684. The Morgan fingerprint density at radius 3 is 2.87 bits per heavy atom. The normalized spacial score (nSPS) is 35.2. The van der Waals surface area contributed by atoms with E-state index in [1.165, 1.54) is 19.3 Å². The summed E-state index contributed by atoms with van der Waals surface area (Å²) in [6, 6.07) is -0.0684. The van der Waals surface area contributed by atoms with Crippen LogP contribution in [-0.4, -0.2) is 10.1 Å². The molecule has 0 saturated heterocycles. The zero-order valence-corrected chi connectivity index (χ0v) is 9.02. The highest BCUT2D eigenvalue weighted by Gasteiger charge is 2.56. The van der Waals surface area contributed by atoms with Crippen molar-refractivity contribution in [3.63, 3.8) is 0 Å². The fourth-order valence-electron chi connectivity index (χ4n) is 2.90. The molecular weight excluding hydrogens is 190 g/mol. The molecule has 0 aliphatic heterocycles. The van der Waals surface area contributed by atoms with Crippen LogP contribution in [0.4, 0.5) is 0 Å². The van der Waals surface area contributed by atoms with Gasteiger partial charge in [-0.15, -0.1) is 0 Å². The van der Waals surface area contributed by atoms with Gasteiger partial charge in [0, 0.05) is 5.92 Å². The van der Waals surface area contributed by atoms with E-state index in [1.54, 1.807) is 0 Å². The minimum Gasteiger partial charge on any atom is -0.339 e. The Kier molecular flexibility index (Phi) is 2.06. The molecule has 2 N–H and O–H groups in total. The van der Waals surface area contributed by atoms with Crippen molar-refractivity contribution in [1.29, 1.82) is 0 Å². The fourth-order valence-corrected chi connectivity index (χ4v) is 2.90. The molecule has 0 spiro atoms. The summed E-state index contributed by atoms with van der Waals surface area (Å²) in [4.78, 5) is 4.42. The molecule has 1 heterocycles. The first-order chi connectivity index (χ1) is 7.31. The molecule has 3 unspecified atom stereocenters. The first-order valence-corrected chi connectivity index (χ1v) is 5.90. The van der Waals surface area contributed by atoms with Gasteiger partial charge in [-0.25, -0.2) is 0 Å². The first-order valence-electron chi connectivity index (χ1n) is 5.90. The van der Waals surface area contributed by atoms with Crippen molar-refractivity contribution >= 4 is 0 Å². The van der Waals surface area contributed by atoms with Crippen LogP contribution in [0.25, 0.3) is 0 Å². The lowest BCUT2D eigenvalue weighted by atomic mass is 10.1. The van der Waals surface area contributed by atoms with Crippen LogP contribution in [0.15, 0.2) is 4.52 Å². The summed E-state index contributed by atoms with van der Waals surface area (Å²) in [6.45, 7) is 2.03. The molecular formula is C11H17N3O. The lowest BCUT2D eigenvalue weighted by Crippen LogP contribution is -2.10.